The number of ether oxygens (including phenoxy) is 1. The van der Waals surface area contributed by atoms with Gasteiger partial charge in [0, 0.05) is 25.5 Å². The van der Waals surface area contributed by atoms with E-state index in [0.29, 0.717) is 6.10 Å². The van der Waals surface area contributed by atoms with Crippen LogP contribution in [0.5, 0.6) is 5.75 Å². The highest BCUT2D eigenvalue weighted by Gasteiger charge is 2.20. The molecule has 1 aliphatic rings. The van der Waals surface area contributed by atoms with Gasteiger partial charge in [-0.3, -0.25) is 4.98 Å². The Morgan fingerprint density at radius 2 is 2.23 bits per heavy atom. The van der Waals surface area contributed by atoms with Gasteiger partial charge in [0.05, 0.1) is 0 Å². The fourth-order valence-corrected chi connectivity index (χ4v) is 1.60. The summed E-state index contributed by atoms with van der Waals surface area (Å²) < 4.78 is 5.76. The Labute approximate surface area is 78.3 Å². The molecular weight excluding hydrogens is 164 g/mol. The van der Waals surface area contributed by atoms with E-state index >= 15 is 0 Å². The number of nitrogens with zero attached hydrogens (tertiary/aromatic N) is 2. The van der Waals surface area contributed by atoms with Crippen LogP contribution in [-0.4, -0.2) is 36.1 Å². The largest absolute Gasteiger partial charge is 0.489 e. The quantitative estimate of drug-likeness (QED) is 0.679. The second-order valence-corrected chi connectivity index (χ2v) is 3.47. The van der Waals surface area contributed by atoms with E-state index in [1.807, 2.05) is 12.1 Å². The topological polar surface area (TPSA) is 25.4 Å². The molecule has 3 heteroatoms. The Balaban J connectivity index is 1.92. The zero-order valence-corrected chi connectivity index (χ0v) is 7.81. The number of rotatable bonds is 2. The lowest BCUT2D eigenvalue weighted by Crippen LogP contribution is -2.21. The molecule has 1 fully saturated rings. The highest BCUT2D eigenvalue weighted by molar-refractivity contribution is 5.17. The normalized spacial score (nSPS) is 23.3. The summed E-state index contributed by atoms with van der Waals surface area (Å²) in [6, 6.07) is 3.80. The molecule has 0 aliphatic carbocycles. The van der Waals surface area contributed by atoms with Crippen LogP contribution in [0.25, 0.3) is 0 Å². The van der Waals surface area contributed by atoms with Crippen molar-refractivity contribution in [1.82, 2.24) is 9.88 Å². The molecule has 1 aromatic heterocycles. The van der Waals surface area contributed by atoms with Gasteiger partial charge in [0.15, 0.2) is 0 Å². The van der Waals surface area contributed by atoms with Gasteiger partial charge in [-0.2, -0.15) is 0 Å². The zero-order valence-electron chi connectivity index (χ0n) is 7.81. The number of likely N-dealkylation sites (N-methyl/N-ethyl adjacent to an activating group) is 1. The number of aromatic nitrogens is 1. The molecule has 0 aromatic carbocycles. The fraction of sp³-hybridized carbons (Fsp3) is 0.500. The van der Waals surface area contributed by atoms with E-state index in [1.54, 1.807) is 12.4 Å². The van der Waals surface area contributed by atoms with E-state index in [4.69, 9.17) is 4.74 Å². The molecule has 2 heterocycles. The number of pyridine rings is 1. The minimum absolute atomic E-state index is 0.354. The van der Waals surface area contributed by atoms with E-state index in [9.17, 15) is 0 Å². The first-order valence-corrected chi connectivity index (χ1v) is 4.60. The van der Waals surface area contributed by atoms with Crippen molar-refractivity contribution in [2.24, 2.45) is 0 Å². The number of hydrogen-bond donors (Lipinski definition) is 0. The van der Waals surface area contributed by atoms with Crippen molar-refractivity contribution in [2.75, 3.05) is 20.1 Å². The zero-order chi connectivity index (χ0) is 9.10. The van der Waals surface area contributed by atoms with Crippen molar-refractivity contribution >= 4 is 0 Å². The first-order valence-electron chi connectivity index (χ1n) is 4.60. The van der Waals surface area contributed by atoms with Gasteiger partial charge in [0.2, 0.25) is 0 Å². The van der Waals surface area contributed by atoms with Crippen LogP contribution in [-0.2, 0) is 0 Å². The predicted octanol–water partition coefficient (Wildman–Crippen LogP) is 1.16. The van der Waals surface area contributed by atoms with E-state index in [-0.39, 0.29) is 0 Å². The fourth-order valence-electron chi connectivity index (χ4n) is 1.60. The summed E-state index contributed by atoms with van der Waals surface area (Å²) in [5.74, 6) is 0.926. The highest BCUT2D eigenvalue weighted by atomic mass is 16.5. The summed E-state index contributed by atoms with van der Waals surface area (Å²) in [5.41, 5.74) is 0. The van der Waals surface area contributed by atoms with Crippen LogP contribution in [0.3, 0.4) is 0 Å². The van der Waals surface area contributed by atoms with Crippen LogP contribution < -0.4 is 4.74 Å². The highest BCUT2D eigenvalue weighted by Crippen LogP contribution is 2.15. The van der Waals surface area contributed by atoms with Gasteiger partial charge in [-0.25, -0.2) is 0 Å². The Hall–Kier alpha value is -1.09. The Kier molecular flexibility index (Phi) is 2.45. The maximum absolute atomic E-state index is 5.76. The van der Waals surface area contributed by atoms with Gasteiger partial charge in [-0.15, -0.1) is 0 Å². The van der Waals surface area contributed by atoms with Crippen molar-refractivity contribution in [3.05, 3.63) is 24.5 Å². The molecule has 13 heavy (non-hydrogen) atoms. The molecule has 1 saturated heterocycles. The lowest BCUT2D eigenvalue weighted by Gasteiger charge is -2.12. The van der Waals surface area contributed by atoms with Crippen molar-refractivity contribution < 1.29 is 4.74 Å². The molecular formula is C10H14N2O. The van der Waals surface area contributed by atoms with Crippen LogP contribution >= 0.6 is 0 Å². The number of likely N-dealkylation sites (tertiary alicyclic amines) is 1. The van der Waals surface area contributed by atoms with E-state index in [0.717, 1.165) is 25.3 Å². The van der Waals surface area contributed by atoms with Crippen LogP contribution in [0.1, 0.15) is 6.42 Å². The van der Waals surface area contributed by atoms with Gasteiger partial charge in [-0.05, 0) is 25.6 Å². The molecule has 3 nitrogen and oxygen atoms in total. The molecule has 0 N–H and O–H groups in total. The third kappa shape index (κ3) is 2.18. The Morgan fingerprint density at radius 1 is 1.46 bits per heavy atom. The maximum atomic E-state index is 5.76. The van der Waals surface area contributed by atoms with Crippen LogP contribution in [0, 0.1) is 0 Å². The summed E-state index contributed by atoms with van der Waals surface area (Å²) >= 11 is 0. The molecule has 1 atom stereocenters. The Bertz CT molecular complexity index is 263. The van der Waals surface area contributed by atoms with Crippen molar-refractivity contribution in [3.63, 3.8) is 0 Å². The first-order chi connectivity index (χ1) is 6.34. The second-order valence-electron chi connectivity index (χ2n) is 3.47. The summed E-state index contributed by atoms with van der Waals surface area (Å²) in [6.45, 7) is 2.16. The molecule has 0 amide bonds. The summed E-state index contributed by atoms with van der Waals surface area (Å²) in [5, 5.41) is 0. The minimum Gasteiger partial charge on any atom is -0.489 e. The molecule has 0 saturated carbocycles. The lowest BCUT2D eigenvalue weighted by atomic mass is 10.3. The van der Waals surface area contributed by atoms with Gasteiger partial charge in [-0.1, -0.05) is 0 Å². The lowest BCUT2D eigenvalue weighted by molar-refractivity contribution is 0.208. The van der Waals surface area contributed by atoms with Crippen LogP contribution in [0.2, 0.25) is 0 Å². The summed E-state index contributed by atoms with van der Waals surface area (Å²) in [6.07, 6.45) is 4.99. The van der Waals surface area contributed by atoms with Gasteiger partial charge in [0.1, 0.15) is 11.9 Å². The summed E-state index contributed by atoms with van der Waals surface area (Å²) in [7, 11) is 2.12. The van der Waals surface area contributed by atoms with Gasteiger partial charge in [0.25, 0.3) is 0 Å². The molecule has 0 bridgehead atoms. The smallest absolute Gasteiger partial charge is 0.122 e. The van der Waals surface area contributed by atoms with E-state index < -0.39 is 0 Å². The second kappa shape index (κ2) is 3.75. The predicted molar refractivity (Wildman–Crippen MR) is 50.8 cm³/mol. The summed E-state index contributed by atoms with van der Waals surface area (Å²) in [4.78, 5) is 6.23. The minimum atomic E-state index is 0.354. The molecule has 0 spiro atoms. The van der Waals surface area contributed by atoms with Crippen molar-refractivity contribution in [1.29, 1.82) is 0 Å². The molecule has 1 unspecified atom stereocenters. The molecule has 2 rings (SSSR count). The average molecular weight is 178 g/mol. The molecule has 1 aliphatic heterocycles. The van der Waals surface area contributed by atoms with Crippen LogP contribution in [0.15, 0.2) is 24.5 Å². The van der Waals surface area contributed by atoms with Gasteiger partial charge < -0.3 is 9.64 Å². The van der Waals surface area contributed by atoms with Crippen molar-refractivity contribution in [2.45, 2.75) is 12.5 Å². The molecule has 0 radical (unpaired) electrons. The standard InChI is InChI=1S/C10H14N2O/c1-12-7-4-10(8-12)13-9-2-5-11-6-3-9/h2-3,5-6,10H,4,7-8H2,1H3. The average Bonchev–Trinajstić information content (AvgIpc) is 2.53. The van der Waals surface area contributed by atoms with E-state index in [1.165, 1.54) is 0 Å². The van der Waals surface area contributed by atoms with Gasteiger partial charge >= 0.3 is 0 Å². The third-order valence-corrected chi connectivity index (χ3v) is 2.30. The monoisotopic (exact) mass is 178 g/mol. The van der Waals surface area contributed by atoms with Crippen molar-refractivity contribution in [3.8, 4) is 5.75 Å². The molecule has 70 valence electrons. The third-order valence-electron chi connectivity index (χ3n) is 2.30. The van der Waals surface area contributed by atoms with Crippen LogP contribution in [0.4, 0.5) is 0 Å². The maximum Gasteiger partial charge on any atom is 0.122 e. The Morgan fingerprint density at radius 3 is 2.85 bits per heavy atom. The number of hydrogen-bond acceptors (Lipinski definition) is 3. The molecule has 1 aromatic rings. The van der Waals surface area contributed by atoms with E-state index in [2.05, 4.69) is 16.9 Å². The SMILES string of the molecule is CN1CCC(Oc2ccncc2)C1. The first kappa shape index (κ1) is 8.51.